The van der Waals surface area contributed by atoms with Crippen LogP contribution >= 0.6 is 11.3 Å². The lowest BCUT2D eigenvalue weighted by Crippen LogP contribution is -2.57. The molecule has 0 atom stereocenters. The first-order chi connectivity index (χ1) is 7.17. The molecule has 2 rings (SSSR count). The molecule has 1 aliphatic heterocycles. The SMILES string of the molecule is CCOC(=O)c1cscc1C1(O)CNC1. The Hall–Kier alpha value is -0.910. The predicted octanol–water partition coefficient (Wildman–Crippen LogP) is 0.716. The molecule has 2 N–H and O–H groups in total. The number of aliphatic hydroxyl groups is 1. The number of carbonyl (C=O) groups excluding carboxylic acids is 1. The van der Waals surface area contributed by atoms with Crippen LogP contribution in [-0.4, -0.2) is 30.8 Å². The fraction of sp³-hybridized carbons (Fsp3) is 0.500. The van der Waals surface area contributed by atoms with Gasteiger partial charge in [-0.1, -0.05) is 0 Å². The predicted molar refractivity (Wildman–Crippen MR) is 57.0 cm³/mol. The fourth-order valence-electron chi connectivity index (χ4n) is 1.58. The highest BCUT2D eigenvalue weighted by Crippen LogP contribution is 2.31. The maximum absolute atomic E-state index is 11.6. The quantitative estimate of drug-likeness (QED) is 0.747. The molecule has 1 aromatic heterocycles. The molecular weight excluding hydrogens is 214 g/mol. The molecule has 82 valence electrons. The number of hydrogen-bond acceptors (Lipinski definition) is 5. The van der Waals surface area contributed by atoms with Crippen LogP contribution in [0.2, 0.25) is 0 Å². The summed E-state index contributed by atoms with van der Waals surface area (Å²) in [6, 6.07) is 0. The Labute approximate surface area is 91.9 Å². The molecule has 1 aromatic rings. The van der Waals surface area contributed by atoms with Gasteiger partial charge in [0.25, 0.3) is 0 Å². The molecule has 0 spiro atoms. The molecule has 1 fully saturated rings. The summed E-state index contributed by atoms with van der Waals surface area (Å²) in [6.45, 7) is 3.11. The number of nitrogens with one attached hydrogen (secondary N) is 1. The first-order valence-corrected chi connectivity index (χ1v) is 5.78. The van der Waals surface area contributed by atoms with Gasteiger partial charge in [-0.25, -0.2) is 4.79 Å². The zero-order chi connectivity index (χ0) is 10.9. The van der Waals surface area contributed by atoms with Crippen molar-refractivity contribution in [2.45, 2.75) is 12.5 Å². The molecule has 2 heterocycles. The van der Waals surface area contributed by atoms with Gasteiger partial charge in [0, 0.05) is 24.0 Å². The van der Waals surface area contributed by atoms with Gasteiger partial charge in [-0.2, -0.15) is 11.3 Å². The van der Waals surface area contributed by atoms with Crippen LogP contribution in [0.15, 0.2) is 10.8 Å². The summed E-state index contributed by atoms with van der Waals surface area (Å²) in [4.78, 5) is 11.6. The highest BCUT2D eigenvalue weighted by atomic mass is 32.1. The summed E-state index contributed by atoms with van der Waals surface area (Å²) in [7, 11) is 0. The van der Waals surface area contributed by atoms with E-state index in [0.717, 1.165) is 0 Å². The van der Waals surface area contributed by atoms with Gasteiger partial charge in [-0.3, -0.25) is 0 Å². The summed E-state index contributed by atoms with van der Waals surface area (Å²) in [6.07, 6.45) is 0. The number of carbonyl (C=O) groups is 1. The van der Waals surface area contributed by atoms with Crippen molar-refractivity contribution in [2.24, 2.45) is 0 Å². The topological polar surface area (TPSA) is 58.6 Å². The second kappa shape index (κ2) is 3.92. The highest BCUT2D eigenvalue weighted by Gasteiger charge is 2.39. The van der Waals surface area contributed by atoms with Crippen LogP contribution in [0.25, 0.3) is 0 Å². The Kier molecular flexibility index (Phi) is 2.77. The molecule has 5 heteroatoms. The zero-order valence-corrected chi connectivity index (χ0v) is 9.26. The van der Waals surface area contributed by atoms with E-state index in [-0.39, 0.29) is 5.97 Å². The molecule has 0 aliphatic carbocycles. The van der Waals surface area contributed by atoms with Gasteiger partial charge in [0.15, 0.2) is 0 Å². The molecule has 0 unspecified atom stereocenters. The summed E-state index contributed by atoms with van der Waals surface area (Å²) in [5, 5.41) is 16.6. The third-order valence-electron chi connectivity index (χ3n) is 2.49. The summed E-state index contributed by atoms with van der Waals surface area (Å²) in [5.41, 5.74) is 0.290. The minimum Gasteiger partial charge on any atom is -0.462 e. The van der Waals surface area contributed by atoms with E-state index in [9.17, 15) is 9.90 Å². The van der Waals surface area contributed by atoms with Crippen molar-refractivity contribution in [3.05, 3.63) is 21.9 Å². The molecule has 0 bridgehead atoms. The van der Waals surface area contributed by atoms with Gasteiger partial charge in [-0.05, 0) is 12.3 Å². The van der Waals surface area contributed by atoms with Crippen molar-refractivity contribution in [1.29, 1.82) is 0 Å². The highest BCUT2D eigenvalue weighted by molar-refractivity contribution is 7.08. The molecule has 0 amide bonds. The normalized spacial score (nSPS) is 18.3. The molecule has 0 saturated carbocycles. The number of ether oxygens (including phenoxy) is 1. The van der Waals surface area contributed by atoms with E-state index in [1.54, 1.807) is 12.3 Å². The lowest BCUT2D eigenvalue weighted by molar-refractivity contribution is -0.0157. The van der Waals surface area contributed by atoms with Crippen molar-refractivity contribution in [1.82, 2.24) is 5.32 Å². The van der Waals surface area contributed by atoms with Crippen molar-refractivity contribution in [3.63, 3.8) is 0 Å². The first-order valence-electron chi connectivity index (χ1n) is 4.84. The zero-order valence-electron chi connectivity index (χ0n) is 8.45. The third kappa shape index (κ3) is 1.78. The minimum absolute atomic E-state index is 0.352. The van der Waals surface area contributed by atoms with Crippen molar-refractivity contribution >= 4 is 17.3 Å². The Bertz CT molecular complexity index is 370. The molecule has 1 aliphatic rings. The maximum atomic E-state index is 11.6. The molecular formula is C10H13NO3S. The van der Waals surface area contributed by atoms with Crippen LogP contribution in [-0.2, 0) is 10.3 Å². The van der Waals surface area contributed by atoms with Crippen molar-refractivity contribution in [2.75, 3.05) is 19.7 Å². The summed E-state index contributed by atoms with van der Waals surface area (Å²) >= 11 is 1.41. The van der Waals surface area contributed by atoms with E-state index in [0.29, 0.717) is 30.8 Å². The number of rotatable bonds is 3. The lowest BCUT2D eigenvalue weighted by Gasteiger charge is -2.37. The van der Waals surface area contributed by atoms with Crippen LogP contribution < -0.4 is 5.32 Å². The van der Waals surface area contributed by atoms with Gasteiger partial charge in [0.2, 0.25) is 0 Å². The van der Waals surface area contributed by atoms with E-state index >= 15 is 0 Å². The van der Waals surface area contributed by atoms with E-state index in [1.807, 2.05) is 5.38 Å². The van der Waals surface area contributed by atoms with Gasteiger partial charge in [-0.15, -0.1) is 0 Å². The average molecular weight is 227 g/mol. The number of β-amino-alcohol motifs (C(OH)–C–C–N with tert-alkyl or cyclic N) is 1. The van der Waals surface area contributed by atoms with E-state index in [2.05, 4.69) is 5.32 Å². The second-order valence-corrected chi connectivity index (χ2v) is 4.30. The van der Waals surface area contributed by atoms with E-state index in [4.69, 9.17) is 4.74 Å². The second-order valence-electron chi connectivity index (χ2n) is 3.55. The van der Waals surface area contributed by atoms with Crippen LogP contribution in [0.4, 0.5) is 0 Å². The van der Waals surface area contributed by atoms with E-state index < -0.39 is 5.60 Å². The monoisotopic (exact) mass is 227 g/mol. The Morgan fingerprint density at radius 1 is 1.67 bits per heavy atom. The molecule has 4 nitrogen and oxygen atoms in total. The smallest absolute Gasteiger partial charge is 0.339 e. The molecule has 1 saturated heterocycles. The van der Waals surface area contributed by atoms with Crippen molar-refractivity contribution in [3.8, 4) is 0 Å². The average Bonchev–Trinajstić information content (AvgIpc) is 2.63. The van der Waals surface area contributed by atoms with Crippen LogP contribution in [0.5, 0.6) is 0 Å². The number of thiophene rings is 1. The van der Waals surface area contributed by atoms with Crippen LogP contribution in [0.3, 0.4) is 0 Å². The van der Waals surface area contributed by atoms with Gasteiger partial charge in [0.1, 0.15) is 5.60 Å². The van der Waals surface area contributed by atoms with Gasteiger partial charge in [0.05, 0.1) is 12.2 Å². The Morgan fingerprint density at radius 3 is 2.93 bits per heavy atom. The summed E-state index contributed by atoms with van der Waals surface area (Å²) in [5.74, 6) is -0.353. The number of esters is 1. The molecule has 0 radical (unpaired) electrons. The van der Waals surface area contributed by atoms with E-state index in [1.165, 1.54) is 11.3 Å². The first kappa shape index (κ1) is 10.6. The maximum Gasteiger partial charge on any atom is 0.339 e. The van der Waals surface area contributed by atoms with Crippen LogP contribution in [0, 0.1) is 0 Å². The third-order valence-corrected chi connectivity index (χ3v) is 3.24. The Morgan fingerprint density at radius 2 is 2.40 bits per heavy atom. The van der Waals surface area contributed by atoms with Gasteiger partial charge >= 0.3 is 5.97 Å². The molecule has 0 aromatic carbocycles. The number of hydrogen-bond donors (Lipinski definition) is 2. The lowest BCUT2D eigenvalue weighted by atomic mass is 9.88. The fourth-order valence-corrected chi connectivity index (χ4v) is 2.49. The minimum atomic E-state index is -0.887. The molecule has 15 heavy (non-hydrogen) atoms. The summed E-state index contributed by atoms with van der Waals surface area (Å²) < 4.78 is 4.93. The standard InChI is InChI=1S/C10H13NO3S/c1-2-14-9(12)7-3-15-4-8(7)10(13)5-11-6-10/h3-4,11,13H,2,5-6H2,1H3. The Balaban J connectivity index is 2.25. The van der Waals surface area contributed by atoms with Gasteiger partial charge < -0.3 is 15.2 Å². The van der Waals surface area contributed by atoms with Crippen LogP contribution in [0.1, 0.15) is 22.8 Å². The van der Waals surface area contributed by atoms with Crippen molar-refractivity contribution < 1.29 is 14.6 Å². The largest absolute Gasteiger partial charge is 0.462 e.